The van der Waals surface area contributed by atoms with E-state index in [1.807, 2.05) is 43.7 Å². The van der Waals surface area contributed by atoms with Gasteiger partial charge in [0.05, 0.1) is 11.6 Å². The van der Waals surface area contributed by atoms with Crippen molar-refractivity contribution < 1.29 is 9.90 Å². The first-order chi connectivity index (χ1) is 9.62. The number of aryl methyl sites for hydroxylation is 3. The summed E-state index contributed by atoms with van der Waals surface area (Å²) in [4.78, 5) is 11.9. The van der Waals surface area contributed by atoms with Crippen molar-refractivity contribution in [2.24, 2.45) is 7.05 Å². The van der Waals surface area contributed by atoms with Gasteiger partial charge in [-0.05, 0) is 42.4 Å². The van der Waals surface area contributed by atoms with Gasteiger partial charge in [0.1, 0.15) is 0 Å². The Morgan fingerprint density at radius 3 is 2.95 bits per heavy atom. The summed E-state index contributed by atoms with van der Waals surface area (Å²) in [5, 5.41) is 13.9. The number of rotatable bonds is 4. The van der Waals surface area contributed by atoms with Crippen molar-refractivity contribution in [3.63, 3.8) is 0 Å². The van der Waals surface area contributed by atoms with Crippen LogP contribution in [0, 0.1) is 0 Å². The number of carboxylic acid groups (broad SMARTS) is 1. The Morgan fingerprint density at radius 2 is 2.25 bits per heavy atom. The third-order valence-electron chi connectivity index (χ3n) is 4.36. The molecule has 0 fully saturated rings. The maximum atomic E-state index is 11.9. The molecular formula is C16H18N2O2. The fourth-order valence-corrected chi connectivity index (χ4v) is 3.24. The Labute approximate surface area is 118 Å². The Morgan fingerprint density at radius 1 is 1.45 bits per heavy atom. The van der Waals surface area contributed by atoms with E-state index in [-0.39, 0.29) is 0 Å². The summed E-state index contributed by atoms with van der Waals surface area (Å²) < 4.78 is 1.76. The van der Waals surface area contributed by atoms with E-state index in [1.165, 1.54) is 5.56 Å². The minimum absolute atomic E-state index is 0.630. The first kappa shape index (κ1) is 12.9. The zero-order valence-electron chi connectivity index (χ0n) is 11.5. The second-order valence-corrected chi connectivity index (χ2v) is 5.57. The Balaban J connectivity index is 1.89. The predicted molar refractivity (Wildman–Crippen MR) is 75.6 cm³/mol. The van der Waals surface area contributed by atoms with Crippen LogP contribution in [0.25, 0.3) is 0 Å². The molecule has 0 bridgehead atoms. The van der Waals surface area contributed by atoms with Crippen LogP contribution >= 0.6 is 0 Å². The first-order valence-electron chi connectivity index (χ1n) is 6.91. The lowest BCUT2D eigenvalue weighted by molar-refractivity contribution is -0.144. The van der Waals surface area contributed by atoms with Crippen LogP contribution in [0.2, 0.25) is 0 Å². The fourth-order valence-electron chi connectivity index (χ4n) is 3.24. The highest BCUT2D eigenvalue weighted by Gasteiger charge is 2.44. The molecule has 0 amide bonds. The molecule has 1 aliphatic carbocycles. The number of hydrogen-bond donors (Lipinski definition) is 1. The van der Waals surface area contributed by atoms with Crippen molar-refractivity contribution in [2.75, 3.05) is 0 Å². The summed E-state index contributed by atoms with van der Waals surface area (Å²) in [6.45, 7) is 0. The minimum atomic E-state index is -0.730. The molecule has 4 nitrogen and oxygen atoms in total. The molecule has 20 heavy (non-hydrogen) atoms. The maximum absolute atomic E-state index is 11.9. The molecule has 1 heterocycles. The smallest absolute Gasteiger partial charge is 0.314 e. The summed E-state index contributed by atoms with van der Waals surface area (Å²) >= 11 is 0. The standard InChI is InChI=1S/C16H18N2O2/c1-18-11-12(10-17-18)6-8-16(15(19)20)9-7-13-4-2-3-5-14(13)16/h2-5,10-11H,6-9H2,1H3,(H,19,20). The summed E-state index contributed by atoms with van der Waals surface area (Å²) in [5.41, 5.74) is 2.54. The van der Waals surface area contributed by atoms with Gasteiger partial charge >= 0.3 is 5.97 Å². The van der Waals surface area contributed by atoms with Crippen molar-refractivity contribution in [1.29, 1.82) is 0 Å². The van der Waals surface area contributed by atoms with Gasteiger partial charge in [-0.15, -0.1) is 0 Å². The van der Waals surface area contributed by atoms with Crippen molar-refractivity contribution >= 4 is 5.97 Å². The molecule has 1 aromatic carbocycles. The number of benzene rings is 1. The highest BCUT2D eigenvalue weighted by molar-refractivity contribution is 5.83. The molecule has 0 saturated heterocycles. The van der Waals surface area contributed by atoms with Gasteiger partial charge in [-0.25, -0.2) is 0 Å². The van der Waals surface area contributed by atoms with Crippen LogP contribution in [0.4, 0.5) is 0 Å². The molecule has 1 unspecified atom stereocenters. The minimum Gasteiger partial charge on any atom is -0.481 e. The largest absolute Gasteiger partial charge is 0.481 e. The molecule has 0 aliphatic heterocycles. The monoisotopic (exact) mass is 270 g/mol. The van der Waals surface area contributed by atoms with Gasteiger partial charge in [0.15, 0.2) is 0 Å². The highest BCUT2D eigenvalue weighted by atomic mass is 16.4. The van der Waals surface area contributed by atoms with Crippen molar-refractivity contribution in [1.82, 2.24) is 9.78 Å². The quantitative estimate of drug-likeness (QED) is 0.927. The molecule has 3 rings (SSSR count). The van der Waals surface area contributed by atoms with Crippen LogP contribution < -0.4 is 0 Å². The predicted octanol–water partition coefficient (Wildman–Crippen LogP) is 2.32. The zero-order valence-corrected chi connectivity index (χ0v) is 11.5. The zero-order chi connectivity index (χ0) is 14.2. The van der Waals surface area contributed by atoms with Crippen LogP contribution in [0.3, 0.4) is 0 Å². The van der Waals surface area contributed by atoms with Crippen LogP contribution in [0.1, 0.15) is 29.5 Å². The number of nitrogens with zero attached hydrogens (tertiary/aromatic N) is 2. The lowest BCUT2D eigenvalue weighted by Crippen LogP contribution is -2.34. The van der Waals surface area contributed by atoms with Gasteiger partial charge in [0.25, 0.3) is 0 Å². The van der Waals surface area contributed by atoms with E-state index in [9.17, 15) is 9.90 Å². The average molecular weight is 270 g/mol. The summed E-state index contributed by atoms with van der Waals surface area (Å²) in [7, 11) is 1.88. The van der Waals surface area contributed by atoms with E-state index in [0.717, 1.165) is 24.0 Å². The van der Waals surface area contributed by atoms with E-state index in [4.69, 9.17) is 0 Å². The SMILES string of the molecule is Cn1cc(CCC2(C(=O)O)CCc3ccccc32)cn1. The number of aromatic nitrogens is 2. The Kier molecular flexibility index (Phi) is 3.08. The molecule has 104 valence electrons. The van der Waals surface area contributed by atoms with E-state index in [1.54, 1.807) is 4.68 Å². The third kappa shape index (κ3) is 2.01. The van der Waals surface area contributed by atoms with E-state index in [2.05, 4.69) is 5.10 Å². The van der Waals surface area contributed by atoms with E-state index >= 15 is 0 Å². The molecule has 0 spiro atoms. The van der Waals surface area contributed by atoms with Crippen molar-refractivity contribution in [3.05, 3.63) is 53.3 Å². The normalized spacial score (nSPS) is 20.9. The summed E-state index contributed by atoms with van der Waals surface area (Å²) in [6.07, 6.45) is 6.70. The number of carbonyl (C=O) groups is 1. The number of hydrogen-bond acceptors (Lipinski definition) is 2. The van der Waals surface area contributed by atoms with Crippen molar-refractivity contribution in [3.8, 4) is 0 Å². The van der Waals surface area contributed by atoms with E-state index < -0.39 is 11.4 Å². The lowest BCUT2D eigenvalue weighted by Gasteiger charge is -2.25. The molecular weight excluding hydrogens is 252 g/mol. The second kappa shape index (κ2) is 4.78. The molecule has 1 aromatic heterocycles. The van der Waals surface area contributed by atoms with Gasteiger partial charge in [-0.2, -0.15) is 5.10 Å². The van der Waals surface area contributed by atoms with Gasteiger partial charge < -0.3 is 5.11 Å². The van der Waals surface area contributed by atoms with E-state index in [0.29, 0.717) is 12.8 Å². The number of fused-ring (bicyclic) bond motifs is 1. The average Bonchev–Trinajstić information content (AvgIpc) is 3.01. The molecule has 0 radical (unpaired) electrons. The maximum Gasteiger partial charge on any atom is 0.314 e. The Bertz CT molecular complexity index is 647. The fraction of sp³-hybridized carbons (Fsp3) is 0.375. The lowest BCUT2D eigenvalue weighted by atomic mass is 9.77. The van der Waals surface area contributed by atoms with Gasteiger partial charge in [0, 0.05) is 13.2 Å². The number of aliphatic carboxylic acids is 1. The van der Waals surface area contributed by atoms with Gasteiger partial charge in [0.2, 0.25) is 0 Å². The molecule has 2 aromatic rings. The van der Waals surface area contributed by atoms with Crippen LogP contribution in [0.5, 0.6) is 0 Å². The Hall–Kier alpha value is -2.10. The summed E-state index contributed by atoms with van der Waals surface area (Å²) in [6, 6.07) is 7.94. The molecule has 0 saturated carbocycles. The van der Waals surface area contributed by atoms with Gasteiger partial charge in [-0.1, -0.05) is 24.3 Å². The summed E-state index contributed by atoms with van der Waals surface area (Å²) in [5.74, 6) is -0.702. The number of carboxylic acids is 1. The van der Waals surface area contributed by atoms with Crippen LogP contribution in [0.15, 0.2) is 36.7 Å². The molecule has 1 N–H and O–H groups in total. The van der Waals surface area contributed by atoms with Gasteiger partial charge in [-0.3, -0.25) is 9.48 Å². The second-order valence-electron chi connectivity index (χ2n) is 5.57. The topological polar surface area (TPSA) is 55.1 Å². The molecule has 1 aliphatic rings. The highest BCUT2D eigenvalue weighted by Crippen LogP contribution is 2.42. The van der Waals surface area contributed by atoms with Crippen molar-refractivity contribution in [2.45, 2.75) is 31.1 Å². The first-order valence-corrected chi connectivity index (χ1v) is 6.91. The van der Waals surface area contributed by atoms with Crippen LogP contribution in [-0.2, 0) is 30.1 Å². The molecule has 1 atom stereocenters. The third-order valence-corrected chi connectivity index (χ3v) is 4.36. The van der Waals surface area contributed by atoms with Crippen LogP contribution in [-0.4, -0.2) is 20.9 Å². The molecule has 4 heteroatoms.